The van der Waals surface area contributed by atoms with Crippen molar-refractivity contribution in [2.45, 2.75) is 25.3 Å². The van der Waals surface area contributed by atoms with Crippen LogP contribution in [-0.2, 0) is 20.7 Å². The van der Waals surface area contributed by atoms with Gasteiger partial charge in [-0.05, 0) is 42.3 Å². The van der Waals surface area contributed by atoms with Crippen LogP contribution in [0.15, 0.2) is 41.8 Å². The molecule has 2 heterocycles. The summed E-state index contributed by atoms with van der Waals surface area (Å²) in [5.74, 6) is -0.305. The summed E-state index contributed by atoms with van der Waals surface area (Å²) in [4.78, 5) is 39.1. The number of rotatable bonds is 8. The normalized spacial score (nSPS) is 15.8. The van der Waals surface area contributed by atoms with Gasteiger partial charge in [0.2, 0.25) is 0 Å². The average Bonchev–Trinajstić information content (AvgIpc) is 3.44. The zero-order chi connectivity index (χ0) is 20.6. The van der Waals surface area contributed by atoms with Crippen molar-refractivity contribution in [2.24, 2.45) is 0 Å². The molecule has 0 radical (unpaired) electrons. The Hall–Kier alpha value is -2.87. The molecule has 1 fully saturated rings. The standard InChI is InChI=1S/C21H24N2O5S/c1-27-17-8-3-2-6-15(17)10-11-22-19(24)14-28-21(26)16-7-4-12-23(16)20(25)18-9-5-13-29-18/h2-3,5-6,8-9,13,16H,4,7,10-12,14H2,1H3,(H,22,24)/t16-/m0/s1. The Morgan fingerprint density at radius 3 is 2.79 bits per heavy atom. The first-order valence-corrected chi connectivity index (χ1v) is 10.4. The molecule has 1 atom stereocenters. The number of para-hydroxylation sites is 1. The van der Waals surface area contributed by atoms with Crippen molar-refractivity contribution in [2.75, 3.05) is 26.8 Å². The molecule has 0 aliphatic carbocycles. The van der Waals surface area contributed by atoms with E-state index in [1.807, 2.05) is 29.6 Å². The van der Waals surface area contributed by atoms with Gasteiger partial charge in [0.1, 0.15) is 11.8 Å². The first-order valence-electron chi connectivity index (χ1n) is 9.50. The largest absolute Gasteiger partial charge is 0.496 e. The van der Waals surface area contributed by atoms with E-state index in [0.29, 0.717) is 30.8 Å². The molecule has 7 nitrogen and oxygen atoms in total. The van der Waals surface area contributed by atoms with Gasteiger partial charge in [0.15, 0.2) is 6.61 Å². The number of esters is 1. The van der Waals surface area contributed by atoms with Gasteiger partial charge in [-0.1, -0.05) is 24.3 Å². The molecule has 3 rings (SSSR count). The number of likely N-dealkylation sites (tertiary alicyclic amines) is 1. The SMILES string of the molecule is COc1ccccc1CCNC(=O)COC(=O)[C@@H]1CCCN1C(=O)c1cccs1. The van der Waals surface area contributed by atoms with E-state index in [1.165, 1.54) is 16.2 Å². The van der Waals surface area contributed by atoms with Gasteiger partial charge in [-0.3, -0.25) is 9.59 Å². The van der Waals surface area contributed by atoms with E-state index in [2.05, 4.69) is 5.32 Å². The van der Waals surface area contributed by atoms with Crippen LogP contribution < -0.4 is 10.1 Å². The minimum atomic E-state index is -0.633. The van der Waals surface area contributed by atoms with E-state index in [1.54, 1.807) is 19.2 Å². The third-order valence-electron chi connectivity index (χ3n) is 4.77. The molecular formula is C21H24N2O5S. The second kappa shape index (κ2) is 10.1. The highest BCUT2D eigenvalue weighted by atomic mass is 32.1. The molecule has 29 heavy (non-hydrogen) atoms. The number of methoxy groups -OCH3 is 1. The van der Waals surface area contributed by atoms with E-state index in [0.717, 1.165) is 17.7 Å². The number of thiophene rings is 1. The lowest BCUT2D eigenvalue weighted by atomic mass is 10.1. The summed E-state index contributed by atoms with van der Waals surface area (Å²) in [6.45, 7) is 0.563. The molecule has 0 bridgehead atoms. The molecule has 1 aliphatic rings. The maximum atomic E-state index is 12.5. The highest BCUT2D eigenvalue weighted by molar-refractivity contribution is 7.12. The molecule has 154 valence electrons. The highest BCUT2D eigenvalue weighted by Gasteiger charge is 2.36. The number of hydrogen-bond acceptors (Lipinski definition) is 6. The van der Waals surface area contributed by atoms with Crippen LogP contribution in [0.4, 0.5) is 0 Å². The number of hydrogen-bond donors (Lipinski definition) is 1. The molecular weight excluding hydrogens is 392 g/mol. The van der Waals surface area contributed by atoms with Crippen LogP contribution in [0.5, 0.6) is 5.75 Å². The fourth-order valence-corrected chi connectivity index (χ4v) is 4.01. The molecule has 1 aromatic carbocycles. The molecule has 0 saturated carbocycles. The maximum absolute atomic E-state index is 12.5. The van der Waals surface area contributed by atoms with E-state index in [4.69, 9.17) is 9.47 Å². The molecule has 2 aromatic rings. The molecule has 2 amide bonds. The van der Waals surface area contributed by atoms with E-state index in [9.17, 15) is 14.4 Å². The van der Waals surface area contributed by atoms with Crippen LogP contribution >= 0.6 is 11.3 Å². The smallest absolute Gasteiger partial charge is 0.329 e. The average molecular weight is 416 g/mol. The van der Waals surface area contributed by atoms with Crippen LogP contribution in [0, 0.1) is 0 Å². The lowest BCUT2D eigenvalue weighted by Gasteiger charge is -2.22. The first kappa shape index (κ1) is 20.9. The van der Waals surface area contributed by atoms with Gasteiger partial charge in [0.05, 0.1) is 12.0 Å². The van der Waals surface area contributed by atoms with Crippen molar-refractivity contribution < 1.29 is 23.9 Å². The van der Waals surface area contributed by atoms with Crippen LogP contribution in [0.1, 0.15) is 28.1 Å². The monoisotopic (exact) mass is 416 g/mol. The predicted octanol–water partition coefficient (Wildman–Crippen LogP) is 2.26. The summed E-state index contributed by atoms with van der Waals surface area (Å²) in [5, 5.41) is 4.56. The van der Waals surface area contributed by atoms with E-state index < -0.39 is 12.0 Å². The van der Waals surface area contributed by atoms with Gasteiger partial charge in [0.25, 0.3) is 11.8 Å². The first-order chi connectivity index (χ1) is 14.1. The lowest BCUT2D eigenvalue weighted by molar-refractivity contribution is -0.152. The topological polar surface area (TPSA) is 84.9 Å². The third-order valence-corrected chi connectivity index (χ3v) is 5.63. The van der Waals surface area contributed by atoms with Gasteiger partial charge in [-0.25, -0.2) is 4.79 Å². The Labute approximate surface area is 173 Å². The summed E-state index contributed by atoms with van der Waals surface area (Å²) in [6, 6.07) is 10.5. The zero-order valence-electron chi connectivity index (χ0n) is 16.3. The van der Waals surface area contributed by atoms with E-state index >= 15 is 0 Å². The van der Waals surface area contributed by atoms with Crippen LogP contribution in [-0.4, -0.2) is 55.5 Å². The Bertz CT molecular complexity index is 853. The summed E-state index contributed by atoms with van der Waals surface area (Å²) < 4.78 is 10.4. The number of carbonyl (C=O) groups is 3. The molecule has 1 aromatic heterocycles. The Morgan fingerprint density at radius 1 is 1.21 bits per heavy atom. The van der Waals surface area contributed by atoms with Gasteiger partial charge >= 0.3 is 5.97 Å². The molecule has 1 aliphatic heterocycles. The molecule has 1 N–H and O–H groups in total. The fraction of sp³-hybridized carbons (Fsp3) is 0.381. The number of nitrogens with zero attached hydrogens (tertiary/aromatic N) is 1. The quantitative estimate of drug-likeness (QED) is 0.668. The predicted molar refractivity (Wildman–Crippen MR) is 109 cm³/mol. The third kappa shape index (κ3) is 5.35. The second-order valence-electron chi connectivity index (χ2n) is 6.65. The van der Waals surface area contributed by atoms with Crippen LogP contribution in [0.25, 0.3) is 0 Å². The Kier molecular flexibility index (Phi) is 7.24. The van der Waals surface area contributed by atoms with E-state index in [-0.39, 0.29) is 18.4 Å². The lowest BCUT2D eigenvalue weighted by Crippen LogP contribution is -2.42. The summed E-state index contributed by atoms with van der Waals surface area (Å²) in [5.41, 5.74) is 0.987. The van der Waals surface area contributed by atoms with Gasteiger partial charge < -0.3 is 19.7 Å². The molecule has 8 heteroatoms. The number of carbonyl (C=O) groups excluding carboxylic acids is 3. The van der Waals surface area contributed by atoms with Gasteiger partial charge in [-0.2, -0.15) is 0 Å². The molecule has 0 spiro atoms. The fourth-order valence-electron chi connectivity index (χ4n) is 3.33. The maximum Gasteiger partial charge on any atom is 0.329 e. The summed E-state index contributed by atoms with van der Waals surface area (Å²) >= 11 is 1.34. The van der Waals surface area contributed by atoms with Crippen molar-refractivity contribution in [1.29, 1.82) is 0 Å². The van der Waals surface area contributed by atoms with Crippen molar-refractivity contribution in [3.05, 3.63) is 52.2 Å². The highest BCUT2D eigenvalue weighted by Crippen LogP contribution is 2.23. The summed E-state index contributed by atoms with van der Waals surface area (Å²) in [6.07, 6.45) is 1.89. The van der Waals surface area contributed by atoms with Gasteiger partial charge in [-0.15, -0.1) is 11.3 Å². The minimum absolute atomic E-state index is 0.166. The van der Waals surface area contributed by atoms with Crippen LogP contribution in [0.2, 0.25) is 0 Å². The van der Waals surface area contributed by atoms with Crippen molar-refractivity contribution in [1.82, 2.24) is 10.2 Å². The second-order valence-corrected chi connectivity index (χ2v) is 7.60. The molecule has 0 unspecified atom stereocenters. The molecule has 1 saturated heterocycles. The Morgan fingerprint density at radius 2 is 2.03 bits per heavy atom. The Balaban J connectivity index is 1.43. The summed E-state index contributed by atoms with van der Waals surface area (Å²) in [7, 11) is 1.60. The van der Waals surface area contributed by atoms with Crippen molar-refractivity contribution in [3.8, 4) is 5.75 Å². The number of amides is 2. The minimum Gasteiger partial charge on any atom is -0.496 e. The number of nitrogens with one attached hydrogen (secondary N) is 1. The number of benzene rings is 1. The van der Waals surface area contributed by atoms with Crippen molar-refractivity contribution >= 4 is 29.1 Å². The zero-order valence-corrected chi connectivity index (χ0v) is 17.1. The van der Waals surface area contributed by atoms with Crippen LogP contribution in [0.3, 0.4) is 0 Å². The number of ether oxygens (including phenoxy) is 2. The van der Waals surface area contributed by atoms with Crippen molar-refractivity contribution in [3.63, 3.8) is 0 Å². The van der Waals surface area contributed by atoms with Gasteiger partial charge in [0, 0.05) is 13.1 Å².